The molecule has 12 nitrogen and oxygen atoms in total. The number of furan rings is 2. The molecule has 10 rings (SSSR count). The van der Waals surface area contributed by atoms with Crippen LogP contribution in [0.15, 0.2) is 114 Å². The molecule has 3 aromatic heterocycles. The Morgan fingerprint density at radius 3 is 2.02 bits per heavy atom. The highest BCUT2D eigenvalue weighted by Gasteiger charge is 2.38. The van der Waals surface area contributed by atoms with Gasteiger partial charge in [0.1, 0.15) is 34.8 Å². The number of aromatic amines is 1. The summed E-state index contributed by atoms with van der Waals surface area (Å²) in [6, 6.07) is 22.9. The highest BCUT2D eigenvalue weighted by molar-refractivity contribution is 6.24. The third-order valence-electron chi connectivity index (χ3n) is 11.3. The van der Waals surface area contributed by atoms with Crippen LogP contribution in [0.4, 0.5) is 34.5 Å². The van der Waals surface area contributed by atoms with Gasteiger partial charge in [-0.1, -0.05) is 12.1 Å². The van der Waals surface area contributed by atoms with Crippen molar-refractivity contribution in [1.29, 1.82) is 0 Å². The van der Waals surface area contributed by atoms with E-state index in [0.717, 1.165) is 83.0 Å². The van der Waals surface area contributed by atoms with Crippen molar-refractivity contribution in [2.45, 2.75) is 58.4 Å². The number of rotatable bonds is 9. The van der Waals surface area contributed by atoms with Crippen molar-refractivity contribution in [2.24, 2.45) is 20.9 Å². The number of dihydropyridines is 1. The van der Waals surface area contributed by atoms with Crippen LogP contribution in [0.25, 0.3) is 5.70 Å². The van der Waals surface area contributed by atoms with Crippen molar-refractivity contribution in [3.63, 3.8) is 0 Å². The molecule has 0 spiro atoms. The molecular formula is C44H46N10O2. The molecule has 2 unspecified atom stereocenters. The van der Waals surface area contributed by atoms with Crippen LogP contribution in [-0.2, 0) is 0 Å². The first-order valence-electron chi connectivity index (χ1n) is 19.9. The fraction of sp³-hybridized carbons (Fsp3) is 0.318. The quantitative estimate of drug-likeness (QED) is 0.117. The van der Waals surface area contributed by atoms with Crippen molar-refractivity contribution in [3.05, 3.63) is 119 Å². The summed E-state index contributed by atoms with van der Waals surface area (Å²) >= 11 is 0. The van der Waals surface area contributed by atoms with E-state index in [1.807, 2.05) is 44.2 Å². The van der Waals surface area contributed by atoms with Crippen LogP contribution >= 0.6 is 0 Å². The van der Waals surface area contributed by atoms with Crippen LogP contribution in [0.3, 0.4) is 0 Å². The highest BCUT2D eigenvalue weighted by Crippen LogP contribution is 2.42. The molecule has 0 aliphatic carbocycles. The summed E-state index contributed by atoms with van der Waals surface area (Å²) in [5, 5.41) is 18.2. The number of anilines is 6. The van der Waals surface area contributed by atoms with Crippen molar-refractivity contribution in [3.8, 4) is 0 Å². The minimum Gasteiger partial charge on any atom is -0.446 e. The van der Waals surface area contributed by atoms with E-state index < -0.39 is 0 Å². The van der Waals surface area contributed by atoms with E-state index >= 15 is 0 Å². The van der Waals surface area contributed by atoms with E-state index in [-0.39, 0.29) is 12.0 Å². The van der Waals surface area contributed by atoms with Crippen LogP contribution in [0.1, 0.15) is 72.9 Å². The Kier molecular flexibility index (Phi) is 8.80. The maximum absolute atomic E-state index is 6.03. The lowest BCUT2D eigenvalue weighted by molar-refractivity contribution is 0.550. The number of hydrogen-bond donors (Lipinski definition) is 4. The van der Waals surface area contributed by atoms with Crippen molar-refractivity contribution < 1.29 is 8.83 Å². The minimum atomic E-state index is -0.322. The monoisotopic (exact) mass is 746 g/mol. The van der Waals surface area contributed by atoms with Gasteiger partial charge in [-0.2, -0.15) is 5.10 Å². The number of H-pyrrole nitrogens is 1. The number of aliphatic imine (C=N–C) groups is 3. The SMILES string of the molecule is Cc1ccc(Nc2cc(N3CCCCC3)ccc2C2=CC3=CC(c4ccc(N5CCCCC5)cc4Nc4ccc(C)o4)N=C4N=C(c5ccn[nH]5)N=C(N2)C34)o1. The maximum atomic E-state index is 6.03. The van der Waals surface area contributed by atoms with Gasteiger partial charge in [-0.25, -0.2) is 9.98 Å². The summed E-state index contributed by atoms with van der Waals surface area (Å²) in [6.07, 6.45) is 13.6. The predicted octanol–water partition coefficient (Wildman–Crippen LogP) is 9.18. The van der Waals surface area contributed by atoms with E-state index in [1.165, 1.54) is 49.9 Å². The molecule has 8 heterocycles. The van der Waals surface area contributed by atoms with Crippen LogP contribution in [-0.4, -0.2) is 53.9 Å². The predicted molar refractivity (Wildman–Crippen MR) is 224 cm³/mol. The molecule has 0 saturated carbocycles. The average Bonchev–Trinajstić information content (AvgIpc) is 4.01. The molecule has 0 bridgehead atoms. The molecule has 5 aliphatic rings. The zero-order valence-electron chi connectivity index (χ0n) is 31.8. The number of allylic oxidation sites excluding steroid dienone is 1. The standard InChI is InChI=1S/C44H46N10O2/c1-27-9-15-39(55-27)46-37-25-30(53-19-5-3-6-20-53)11-13-32(37)35-23-29-24-36(49-44-41(29)43(48-35)50-42(51-44)34-17-18-45-52-34)33-14-12-31(54-21-7-4-8-22-54)26-38(33)47-40-16-10-28(2)56-40/h9-18,23-26,35,41,46-47H,3-8,19-22H2,1-2H3,(H,45,52)(H,48,49,50,51). The second-order valence-corrected chi connectivity index (χ2v) is 15.3. The summed E-state index contributed by atoms with van der Waals surface area (Å²) in [5.41, 5.74) is 9.09. The topological polar surface area (TPSA) is 135 Å². The van der Waals surface area contributed by atoms with E-state index in [4.69, 9.17) is 23.8 Å². The van der Waals surface area contributed by atoms with Crippen LogP contribution in [0, 0.1) is 19.8 Å². The number of benzene rings is 2. The van der Waals surface area contributed by atoms with E-state index in [0.29, 0.717) is 23.4 Å². The van der Waals surface area contributed by atoms with Gasteiger partial charge >= 0.3 is 0 Å². The van der Waals surface area contributed by atoms with Gasteiger partial charge in [-0.05, 0) is 113 Å². The summed E-state index contributed by atoms with van der Waals surface area (Å²) < 4.78 is 12.1. The first-order valence-corrected chi connectivity index (χ1v) is 19.9. The Hall–Kier alpha value is -6.30. The lowest BCUT2D eigenvalue weighted by atomic mass is 9.84. The number of amidine groups is 3. The number of nitrogens with zero attached hydrogens (tertiary/aromatic N) is 6. The molecule has 2 fully saturated rings. The Morgan fingerprint density at radius 2 is 1.38 bits per heavy atom. The van der Waals surface area contributed by atoms with Crippen molar-refractivity contribution in [1.82, 2.24) is 15.5 Å². The molecule has 5 aliphatic heterocycles. The lowest BCUT2D eigenvalue weighted by Crippen LogP contribution is -2.43. The third-order valence-corrected chi connectivity index (χ3v) is 11.3. The van der Waals surface area contributed by atoms with Gasteiger partial charge in [-0.3, -0.25) is 10.1 Å². The molecule has 12 heteroatoms. The summed E-state index contributed by atoms with van der Waals surface area (Å²) in [7, 11) is 0. The number of aryl methyl sites for hydroxylation is 2. The molecule has 56 heavy (non-hydrogen) atoms. The normalized spacial score (nSPS) is 20.6. The Balaban J connectivity index is 1.09. The van der Waals surface area contributed by atoms with E-state index in [2.05, 4.69) is 84.5 Å². The highest BCUT2D eigenvalue weighted by atomic mass is 16.4. The van der Waals surface area contributed by atoms with Gasteiger partial charge in [-0.15, -0.1) is 0 Å². The fourth-order valence-corrected chi connectivity index (χ4v) is 8.49. The van der Waals surface area contributed by atoms with Gasteiger partial charge < -0.3 is 34.6 Å². The second kappa shape index (κ2) is 14.4. The number of piperidine rings is 2. The fourth-order valence-electron chi connectivity index (χ4n) is 8.49. The third kappa shape index (κ3) is 6.69. The average molecular weight is 747 g/mol. The molecular weight excluding hydrogens is 701 g/mol. The molecule has 5 aromatic rings. The van der Waals surface area contributed by atoms with Crippen LogP contribution < -0.4 is 25.8 Å². The molecule has 0 radical (unpaired) electrons. The van der Waals surface area contributed by atoms with Crippen LogP contribution in [0.2, 0.25) is 0 Å². The maximum Gasteiger partial charge on any atom is 0.197 e. The first kappa shape index (κ1) is 34.2. The minimum absolute atomic E-state index is 0.241. The van der Waals surface area contributed by atoms with Crippen molar-refractivity contribution in [2.75, 3.05) is 46.6 Å². The molecule has 2 aromatic carbocycles. The van der Waals surface area contributed by atoms with E-state index in [9.17, 15) is 0 Å². The first-order chi connectivity index (χ1) is 27.5. The van der Waals surface area contributed by atoms with Gasteiger partial charge in [0, 0.05) is 78.4 Å². The summed E-state index contributed by atoms with van der Waals surface area (Å²) in [6.45, 7) is 8.15. The summed E-state index contributed by atoms with van der Waals surface area (Å²) in [4.78, 5) is 20.5. The largest absolute Gasteiger partial charge is 0.446 e. The van der Waals surface area contributed by atoms with E-state index in [1.54, 1.807) is 6.20 Å². The van der Waals surface area contributed by atoms with Gasteiger partial charge in [0.05, 0.1) is 11.7 Å². The summed E-state index contributed by atoms with van der Waals surface area (Å²) in [5.74, 6) is 4.88. The van der Waals surface area contributed by atoms with Gasteiger partial charge in [0.2, 0.25) is 0 Å². The molecule has 2 atom stereocenters. The number of aromatic nitrogens is 2. The Bertz CT molecular complexity index is 2420. The molecule has 284 valence electrons. The number of hydrogen-bond acceptors (Lipinski definition) is 11. The smallest absolute Gasteiger partial charge is 0.197 e. The Labute approximate surface area is 326 Å². The van der Waals surface area contributed by atoms with Crippen molar-refractivity contribution >= 4 is 57.7 Å². The molecule has 4 N–H and O–H groups in total. The zero-order valence-corrected chi connectivity index (χ0v) is 31.8. The zero-order chi connectivity index (χ0) is 37.6. The lowest BCUT2D eigenvalue weighted by Gasteiger charge is -2.35. The Morgan fingerprint density at radius 1 is 0.714 bits per heavy atom. The number of nitrogens with one attached hydrogen (secondary N) is 4. The van der Waals surface area contributed by atoms with Crippen LogP contribution in [0.5, 0.6) is 0 Å². The molecule has 2 saturated heterocycles. The second-order valence-electron chi connectivity index (χ2n) is 15.3. The van der Waals surface area contributed by atoms with Gasteiger partial charge in [0.15, 0.2) is 17.6 Å². The molecule has 0 amide bonds. The van der Waals surface area contributed by atoms with Gasteiger partial charge in [0.25, 0.3) is 0 Å².